The van der Waals surface area contributed by atoms with E-state index < -0.39 is 0 Å². The van der Waals surface area contributed by atoms with Crippen LogP contribution in [0.3, 0.4) is 0 Å². The first-order chi connectivity index (χ1) is 17.0. The zero-order chi connectivity index (χ0) is 24.4. The third-order valence-electron chi connectivity index (χ3n) is 5.44. The average Bonchev–Trinajstić information content (AvgIpc) is 3.24. The number of hydrogen-bond donors (Lipinski definition) is 1. The number of nitrogens with zero attached hydrogens (tertiary/aromatic N) is 2. The van der Waals surface area contributed by atoms with E-state index in [0.29, 0.717) is 40.0 Å². The Kier molecular flexibility index (Phi) is 6.29. The molecule has 0 saturated carbocycles. The summed E-state index contributed by atoms with van der Waals surface area (Å²) in [5.74, 6) is 0.593. The van der Waals surface area contributed by atoms with E-state index in [4.69, 9.17) is 14.1 Å². The molecule has 0 bridgehead atoms. The molecule has 2 heterocycles. The predicted octanol–water partition coefficient (Wildman–Crippen LogP) is 5.57. The lowest BCUT2D eigenvalue weighted by atomic mass is 10.2. The molecule has 0 aliphatic carbocycles. The van der Waals surface area contributed by atoms with Crippen LogP contribution in [0.15, 0.2) is 87.2 Å². The van der Waals surface area contributed by atoms with Crippen LogP contribution >= 0.6 is 11.8 Å². The molecular formula is C27H23N3O4S. The molecule has 3 aromatic carbocycles. The van der Waals surface area contributed by atoms with Crippen molar-refractivity contribution in [3.8, 4) is 11.4 Å². The highest BCUT2D eigenvalue weighted by Gasteiger charge is 2.20. The fourth-order valence-electron chi connectivity index (χ4n) is 3.77. The van der Waals surface area contributed by atoms with Crippen LogP contribution in [0.2, 0.25) is 0 Å². The van der Waals surface area contributed by atoms with Gasteiger partial charge in [-0.25, -0.2) is 4.98 Å². The van der Waals surface area contributed by atoms with Crippen LogP contribution in [-0.2, 0) is 4.79 Å². The van der Waals surface area contributed by atoms with E-state index in [9.17, 15) is 9.59 Å². The number of anilines is 1. The number of fused-ring (bicyclic) bond motifs is 3. The van der Waals surface area contributed by atoms with E-state index in [1.807, 2.05) is 56.3 Å². The SMILES string of the molecule is CCOc1ccc(-n2c(SCC(=O)Nc3ccc(C)cc3)nc3c(oc4ccccc43)c2=O)cc1. The number of rotatable bonds is 7. The highest BCUT2D eigenvalue weighted by Crippen LogP contribution is 2.29. The molecule has 1 amide bonds. The van der Waals surface area contributed by atoms with Gasteiger partial charge in [0.25, 0.3) is 0 Å². The summed E-state index contributed by atoms with van der Waals surface area (Å²) in [5, 5.41) is 4.04. The fourth-order valence-corrected chi connectivity index (χ4v) is 4.57. The van der Waals surface area contributed by atoms with Gasteiger partial charge in [0.05, 0.1) is 18.0 Å². The maximum atomic E-state index is 13.6. The number of carbonyl (C=O) groups excluding carboxylic acids is 1. The third kappa shape index (κ3) is 4.65. The van der Waals surface area contributed by atoms with Gasteiger partial charge in [0.1, 0.15) is 16.8 Å². The summed E-state index contributed by atoms with van der Waals surface area (Å²) < 4.78 is 12.9. The van der Waals surface area contributed by atoms with Crippen LogP contribution in [-0.4, -0.2) is 27.8 Å². The van der Waals surface area contributed by atoms with E-state index in [2.05, 4.69) is 5.32 Å². The maximum absolute atomic E-state index is 13.6. The lowest BCUT2D eigenvalue weighted by Crippen LogP contribution is -2.22. The van der Waals surface area contributed by atoms with Crippen LogP contribution in [0.25, 0.3) is 27.8 Å². The molecule has 0 aliphatic rings. The quantitative estimate of drug-likeness (QED) is 0.240. The molecule has 0 radical (unpaired) electrons. The van der Waals surface area contributed by atoms with Crippen molar-refractivity contribution in [1.29, 1.82) is 0 Å². The molecule has 35 heavy (non-hydrogen) atoms. The van der Waals surface area contributed by atoms with Gasteiger partial charge in [-0.05, 0) is 62.4 Å². The number of para-hydroxylation sites is 1. The van der Waals surface area contributed by atoms with Crippen LogP contribution in [0.4, 0.5) is 5.69 Å². The normalized spacial score (nSPS) is 11.1. The van der Waals surface area contributed by atoms with Crippen molar-refractivity contribution >= 4 is 45.4 Å². The highest BCUT2D eigenvalue weighted by molar-refractivity contribution is 7.99. The summed E-state index contributed by atoms with van der Waals surface area (Å²) in [6, 6.07) is 22.2. The Hall–Kier alpha value is -4.04. The molecular weight excluding hydrogens is 462 g/mol. The summed E-state index contributed by atoms with van der Waals surface area (Å²) in [6.45, 7) is 4.44. The fraction of sp³-hybridized carbons (Fsp3) is 0.148. The van der Waals surface area contributed by atoms with Crippen molar-refractivity contribution in [2.75, 3.05) is 17.7 Å². The van der Waals surface area contributed by atoms with Gasteiger partial charge in [-0.2, -0.15) is 0 Å². The number of aryl methyl sites for hydroxylation is 1. The average molecular weight is 486 g/mol. The minimum Gasteiger partial charge on any atom is -0.494 e. The molecule has 8 heteroatoms. The number of thioether (sulfide) groups is 1. The number of benzene rings is 3. The monoisotopic (exact) mass is 485 g/mol. The molecule has 0 saturated heterocycles. The summed E-state index contributed by atoms with van der Waals surface area (Å²) >= 11 is 1.19. The van der Waals surface area contributed by atoms with Gasteiger partial charge in [0.2, 0.25) is 11.5 Å². The molecule has 0 fully saturated rings. The molecule has 0 atom stereocenters. The van der Waals surface area contributed by atoms with Crippen LogP contribution in [0.1, 0.15) is 12.5 Å². The number of aromatic nitrogens is 2. The zero-order valence-electron chi connectivity index (χ0n) is 19.3. The van der Waals surface area contributed by atoms with Crippen molar-refractivity contribution in [2.45, 2.75) is 19.0 Å². The lowest BCUT2D eigenvalue weighted by molar-refractivity contribution is -0.113. The van der Waals surface area contributed by atoms with Gasteiger partial charge in [-0.15, -0.1) is 0 Å². The van der Waals surface area contributed by atoms with Crippen molar-refractivity contribution in [3.63, 3.8) is 0 Å². The maximum Gasteiger partial charge on any atom is 0.302 e. The third-order valence-corrected chi connectivity index (χ3v) is 6.38. The minimum atomic E-state index is -0.336. The number of nitrogens with one attached hydrogen (secondary N) is 1. The van der Waals surface area contributed by atoms with Crippen molar-refractivity contribution in [3.05, 3.63) is 88.7 Å². The Bertz CT molecular complexity index is 1570. The Balaban J connectivity index is 1.53. The topological polar surface area (TPSA) is 86.4 Å². The predicted molar refractivity (Wildman–Crippen MR) is 139 cm³/mol. The second-order valence-electron chi connectivity index (χ2n) is 7.94. The molecule has 0 spiro atoms. The molecule has 0 unspecified atom stereocenters. The van der Waals surface area contributed by atoms with Crippen molar-refractivity contribution < 1.29 is 13.9 Å². The molecule has 1 N–H and O–H groups in total. The van der Waals surface area contributed by atoms with E-state index in [0.717, 1.165) is 10.9 Å². The van der Waals surface area contributed by atoms with Crippen LogP contribution in [0, 0.1) is 6.92 Å². The van der Waals surface area contributed by atoms with Crippen molar-refractivity contribution in [1.82, 2.24) is 9.55 Å². The van der Waals surface area contributed by atoms with Crippen LogP contribution in [0.5, 0.6) is 5.75 Å². The Morgan fingerprint density at radius 1 is 1.06 bits per heavy atom. The minimum absolute atomic E-state index is 0.0820. The van der Waals surface area contributed by atoms with E-state index >= 15 is 0 Å². The molecule has 2 aromatic heterocycles. The van der Waals surface area contributed by atoms with Gasteiger partial charge in [0, 0.05) is 11.1 Å². The Labute approximate surface area is 205 Å². The molecule has 5 aromatic rings. The van der Waals surface area contributed by atoms with Gasteiger partial charge >= 0.3 is 5.56 Å². The number of ether oxygens (including phenoxy) is 1. The second-order valence-corrected chi connectivity index (χ2v) is 8.88. The lowest BCUT2D eigenvalue weighted by Gasteiger charge is -2.12. The standard InChI is InChI=1S/C27H23N3O4S/c1-3-33-20-14-12-19(13-15-20)30-26(32)25-24(21-6-4-5-7-22(21)34-25)29-27(30)35-16-23(31)28-18-10-8-17(2)9-11-18/h4-15H,3,16H2,1-2H3,(H,28,31). The van der Waals surface area contributed by atoms with E-state index in [1.165, 1.54) is 16.3 Å². The summed E-state index contributed by atoms with van der Waals surface area (Å²) in [4.78, 5) is 31.0. The van der Waals surface area contributed by atoms with Gasteiger partial charge in [-0.1, -0.05) is 41.6 Å². The summed E-state index contributed by atoms with van der Waals surface area (Å²) in [6.07, 6.45) is 0. The first-order valence-corrected chi connectivity index (χ1v) is 12.2. The summed E-state index contributed by atoms with van der Waals surface area (Å²) in [5.41, 5.74) is 3.34. The number of hydrogen-bond acceptors (Lipinski definition) is 6. The largest absolute Gasteiger partial charge is 0.494 e. The Morgan fingerprint density at radius 2 is 1.80 bits per heavy atom. The Morgan fingerprint density at radius 3 is 2.54 bits per heavy atom. The zero-order valence-corrected chi connectivity index (χ0v) is 20.1. The van der Waals surface area contributed by atoms with E-state index in [1.54, 1.807) is 30.3 Å². The van der Waals surface area contributed by atoms with Gasteiger partial charge in [0.15, 0.2) is 5.16 Å². The van der Waals surface area contributed by atoms with Gasteiger partial charge in [-0.3, -0.25) is 14.2 Å². The van der Waals surface area contributed by atoms with E-state index in [-0.39, 0.29) is 22.8 Å². The van der Waals surface area contributed by atoms with Crippen LogP contribution < -0.4 is 15.6 Å². The smallest absolute Gasteiger partial charge is 0.302 e. The molecule has 0 aliphatic heterocycles. The summed E-state index contributed by atoms with van der Waals surface area (Å²) in [7, 11) is 0. The molecule has 7 nitrogen and oxygen atoms in total. The second kappa shape index (κ2) is 9.68. The molecule has 176 valence electrons. The van der Waals surface area contributed by atoms with Gasteiger partial charge < -0.3 is 14.5 Å². The number of carbonyl (C=O) groups is 1. The number of amides is 1. The highest BCUT2D eigenvalue weighted by atomic mass is 32.2. The number of furan rings is 1. The first-order valence-electron chi connectivity index (χ1n) is 11.2. The first kappa shape index (κ1) is 22.7. The molecule has 5 rings (SSSR count). The van der Waals surface area contributed by atoms with Crippen molar-refractivity contribution in [2.24, 2.45) is 0 Å².